The minimum Gasteiger partial charge on any atom is -0.373 e. The molecule has 0 aromatic heterocycles. The lowest BCUT2D eigenvalue weighted by molar-refractivity contribution is -0.123. The van der Waals surface area contributed by atoms with Crippen LogP contribution in [0.1, 0.15) is 38.8 Å². The molecule has 0 unspecified atom stereocenters. The maximum Gasteiger partial charge on any atom is 0.221 e. The van der Waals surface area contributed by atoms with Crippen LogP contribution in [0.2, 0.25) is 0 Å². The predicted molar refractivity (Wildman–Crippen MR) is 84.1 cm³/mol. The van der Waals surface area contributed by atoms with Gasteiger partial charge in [-0.1, -0.05) is 30.3 Å². The first-order valence-corrected chi connectivity index (χ1v) is 7.76. The van der Waals surface area contributed by atoms with Crippen molar-refractivity contribution in [3.8, 4) is 0 Å². The van der Waals surface area contributed by atoms with Gasteiger partial charge in [0, 0.05) is 26.1 Å². The van der Waals surface area contributed by atoms with E-state index in [0.29, 0.717) is 6.42 Å². The Hall–Kier alpha value is -1.39. The second-order valence-corrected chi connectivity index (χ2v) is 5.97. The van der Waals surface area contributed by atoms with Crippen molar-refractivity contribution in [2.24, 2.45) is 0 Å². The zero-order valence-electron chi connectivity index (χ0n) is 13.2. The summed E-state index contributed by atoms with van der Waals surface area (Å²) < 4.78 is 5.70. The lowest BCUT2D eigenvalue weighted by Gasteiger charge is -2.35. The number of nitrogens with one attached hydrogen (secondary N) is 1. The van der Waals surface area contributed by atoms with Gasteiger partial charge < -0.3 is 10.1 Å². The minimum absolute atomic E-state index is 0.0567. The zero-order chi connectivity index (χ0) is 15.2. The van der Waals surface area contributed by atoms with Crippen LogP contribution < -0.4 is 5.32 Å². The average molecular weight is 290 g/mol. The Kier molecular flexibility index (Phi) is 5.76. The number of carbonyl (C=O) groups is 1. The lowest BCUT2D eigenvalue weighted by Crippen LogP contribution is -2.46. The van der Waals surface area contributed by atoms with E-state index in [9.17, 15) is 4.79 Å². The Bertz CT molecular complexity index is 439. The molecule has 3 atom stereocenters. The van der Waals surface area contributed by atoms with Crippen molar-refractivity contribution in [1.29, 1.82) is 0 Å². The van der Waals surface area contributed by atoms with Gasteiger partial charge in [0.15, 0.2) is 0 Å². The molecule has 1 N–H and O–H groups in total. The molecule has 4 heteroatoms. The number of morpholine rings is 1. The zero-order valence-corrected chi connectivity index (χ0v) is 13.2. The summed E-state index contributed by atoms with van der Waals surface area (Å²) in [5, 5.41) is 3.06. The number of hydrogen-bond donors (Lipinski definition) is 1. The number of benzene rings is 1. The third kappa shape index (κ3) is 5.14. The summed E-state index contributed by atoms with van der Waals surface area (Å²) in [6, 6.07) is 10.1. The normalized spacial score (nSPS) is 24.5. The van der Waals surface area contributed by atoms with Crippen LogP contribution in [-0.4, -0.2) is 42.6 Å². The number of rotatable bonds is 5. The SMILES string of the molecule is C[C@@H]1CN(CCC(=O)N[C@@H](C)c2ccccc2)C[C@H](C)O1. The minimum atomic E-state index is 0.0567. The van der Waals surface area contributed by atoms with Crippen molar-refractivity contribution in [2.45, 2.75) is 45.4 Å². The molecule has 0 spiro atoms. The highest BCUT2D eigenvalue weighted by Crippen LogP contribution is 2.13. The van der Waals surface area contributed by atoms with Gasteiger partial charge in [0.1, 0.15) is 0 Å². The highest BCUT2D eigenvalue weighted by atomic mass is 16.5. The first-order chi connectivity index (χ1) is 10.0. The Morgan fingerprint density at radius 3 is 2.52 bits per heavy atom. The fourth-order valence-electron chi connectivity index (χ4n) is 2.87. The molecule has 0 bridgehead atoms. The summed E-state index contributed by atoms with van der Waals surface area (Å²) in [5.74, 6) is 0.109. The molecule has 1 aliphatic rings. The Labute approximate surface area is 127 Å². The molecule has 0 saturated carbocycles. The standard InChI is InChI=1S/C17H26N2O2/c1-13-11-19(12-14(2)21-13)10-9-17(20)18-15(3)16-7-5-4-6-8-16/h4-8,13-15H,9-12H2,1-3H3,(H,18,20)/t13-,14+,15-/m0/s1. The molecule has 116 valence electrons. The molecule has 1 fully saturated rings. The summed E-state index contributed by atoms with van der Waals surface area (Å²) in [6.45, 7) is 8.80. The molecule has 0 radical (unpaired) electrons. The molecular formula is C17H26N2O2. The molecule has 4 nitrogen and oxygen atoms in total. The molecular weight excluding hydrogens is 264 g/mol. The monoisotopic (exact) mass is 290 g/mol. The second kappa shape index (κ2) is 7.57. The molecule has 1 aromatic carbocycles. The largest absolute Gasteiger partial charge is 0.373 e. The fraction of sp³-hybridized carbons (Fsp3) is 0.588. The van der Waals surface area contributed by atoms with E-state index in [0.717, 1.165) is 25.2 Å². The van der Waals surface area contributed by atoms with Gasteiger partial charge in [-0.2, -0.15) is 0 Å². The van der Waals surface area contributed by atoms with Crippen LogP contribution >= 0.6 is 0 Å². The van der Waals surface area contributed by atoms with Gasteiger partial charge in [0.25, 0.3) is 0 Å². The van der Waals surface area contributed by atoms with E-state index < -0.39 is 0 Å². The van der Waals surface area contributed by atoms with Gasteiger partial charge in [-0.25, -0.2) is 0 Å². The number of hydrogen-bond acceptors (Lipinski definition) is 3. The van der Waals surface area contributed by atoms with Crippen molar-refractivity contribution < 1.29 is 9.53 Å². The predicted octanol–water partition coefficient (Wildman–Crippen LogP) is 2.36. The van der Waals surface area contributed by atoms with Crippen LogP contribution in [0.3, 0.4) is 0 Å². The van der Waals surface area contributed by atoms with E-state index >= 15 is 0 Å². The molecule has 1 amide bonds. The van der Waals surface area contributed by atoms with Crippen molar-refractivity contribution in [1.82, 2.24) is 10.2 Å². The molecule has 1 heterocycles. The Morgan fingerprint density at radius 1 is 1.29 bits per heavy atom. The third-order valence-electron chi connectivity index (χ3n) is 3.83. The molecule has 1 saturated heterocycles. The summed E-state index contributed by atoms with van der Waals surface area (Å²) in [4.78, 5) is 14.4. The number of carbonyl (C=O) groups excluding carboxylic acids is 1. The lowest BCUT2D eigenvalue weighted by atomic mass is 10.1. The van der Waals surface area contributed by atoms with Crippen molar-refractivity contribution in [2.75, 3.05) is 19.6 Å². The molecule has 21 heavy (non-hydrogen) atoms. The van der Waals surface area contributed by atoms with E-state index in [1.54, 1.807) is 0 Å². The fourth-order valence-corrected chi connectivity index (χ4v) is 2.87. The molecule has 1 aromatic rings. The van der Waals surface area contributed by atoms with E-state index in [1.807, 2.05) is 37.3 Å². The van der Waals surface area contributed by atoms with Gasteiger partial charge in [-0.05, 0) is 26.3 Å². The average Bonchev–Trinajstić information content (AvgIpc) is 2.45. The Balaban J connectivity index is 1.75. The van der Waals surface area contributed by atoms with Crippen LogP contribution in [0.25, 0.3) is 0 Å². The smallest absolute Gasteiger partial charge is 0.221 e. The van der Waals surface area contributed by atoms with E-state index in [4.69, 9.17) is 4.74 Å². The highest BCUT2D eigenvalue weighted by molar-refractivity contribution is 5.76. The number of ether oxygens (including phenoxy) is 1. The van der Waals surface area contributed by atoms with Gasteiger partial charge in [0.2, 0.25) is 5.91 Å². The number of amides is 1. The van der Waals surface area contributed by atoms with Crippen LogP contribution in [0.4, 0.5) is 0 Å². The van der Waals surface area contributed by atoms with Crippen LogP contribution in [0, 0.1) is 0 Å². The summed E-state index contributed by atoms with van der Waals surface area (Å²) in [6.07, 6.45) is 1.04. The second-order valence-electron chi connectivity index (χ2n) is 5.97. The highest BCUT2D eigenvalue weighted by Gasteiger charge is 2.22. The van der Waals surface area contributed by atoms with Gasteiger partial charge >= 0.3 is 0 Å². The van der Waals surface area contributed by atoms with E-state index in [-0.39, 0.29) is 24.2 Å². The topological polar surface area (TPSA) is 41.6 Å². The maximum absolute atomic E-state index is 12.1. The quantitative estimate of drug-likeness (QED) is 0.905. The van der Waals surface area contributed by atoms with Gasteiger partial charge in [-0.15, -0.1) is 0 Å². The number of nitrogens with zero attached hydrogens (tertiary/aromatic N) is 1. The molecule has 0 aliphatic carbocycles. The Morgan fingerprint density at radius 2 is 1.90 bits per heavy atom. The van der Waals surface area contributed by atoms with Gasteiger partial charge in [0.05, 0.1) is 18.2 Å². The third-order valence-corrected chi connectivity index (χ3v) is 3.83. The van der Waals surface area contributed by atoms with Crippen molar-refractivity contribution >= 4 is 5.91 Å². The molecule has 1 aliphatic heterocycles. The van der Waals surface area contributed by atoms with Crippen LogP contribution in [-0.2, 0) is 9.53 Å². The van der Waals surface area contributed by atoms with E-state index in [1.165, 1.54) is 0 Å². The van der Waals surface area contributed by atoms with Crippen molar-refractivity contribution in [3.05, 3.63) is 35.9 Å². The summed E-state index contributed by atoms with van der Waals surface area (Å²) >= 11 is 0. The van der Waals surface area contributed by atoms with E-state index in [2.05, 4.69) is 24.1 Å². The van der Waals surface area contributed by atoms with Gasteiger partial charge in [-0.3, -0.25) is 9.69 Å². The molecule has 2 rings (SSSR count). The van der Waals surface area contributed by atoms with Crippen LogP contribution in [0.5, 0.6) is 0 Å². The summed E-state index contributed by atoms with van der Waals surface area (Å²) in [5.41, 5.74) is 1.14. The first-order valence-electron chi connectivity index (χ1n) is 7.76. The van der Waals surface area contributed by atoms with Crippen LogP contribution in [0.15, 0.2) is 30.3 Å². The summed E-state index contributed by atoms with van der Waals surface area (Å²) in [7, 11) is 0. The maximum atomic E-state index is 12.1. The van der Waals surface area contributed by atoms with Crippen molar-refractivity contribution in [3.63, 3.8) is 0 Å². The first kappa shape index (κ1) is 16.0.